The van der Waals surface area contributed by atoms with Gasteiger partial charge in [0, 0.05) is 35.5 Å². The average molecular weight is 521 g/mol. The lowest BCUT2D eigenvalue weighted by Crippen LogP contribution is -2.41. The van der Waals surface area contributed by atoms with Gasteiger partial charge in [-0.15, -0.1) is 0 Å². The molecule has 0 bridgehead atoms. The molecule has 0 aliphatic carbocycles. The van der Waals surface area contributed by atoms with E-state index >= 15 is 0 Å². The molecule has 0 fully saturated rings. The Morgan fingerprint density at radius 3 is 2.58 bits per heavy atom. The third-order valence-electron chi connectivity index (χ3n) is 6.59. The minimum Gasteiger partial charge on any atom is -0.396 e. The van der Waals surface area contributed by atoms with Gasteiger partial charge < -0.3 is 5.11 Å². The number of nitrogens with zero attached hydrogens (tertiary/aromatic N) is 4. The molecular formula is C27H25ClN4O3S. The van der Waals surface area contributed by atoms with Crippen LogP contribution in [-0.2, 0) is 21.9 Å². The van der Waals surface area contributed by atoms with Crippen molar-refractivity contribution in [3.63, 3.8) is 0 Å². The Morgan fingerprint density at radius 1 is 1.14 bits per heavy atom. The van der Waals surface area contributed by atoms with Crippen LogP contribution in [0.15, 0.2) is 53.6 Å². The van der Waals surface area contributed by atoms with E-state index in [2.05, 4.69) is 18.8 Å². The molecule has 0 saturated carbocycles. The van der Waals surface area contributed by atoms with Crippen LogP contribution in [0, 0.1) is 22.7 Å². The topological polar surface area (TPSA) is 118 Å². The fourth-order valence-corrected chi connectivity index (χ4v) is 6.63. The van der Waals surface area contributed by atoms with E-state index in [1.165, 1.54) is 22.6 Å². The predicted molar refractivity (Wildman–Crippen MR) is 138 cm³/mol. The van der Waals surface area contributed by atoms with Crippen molar-refractivity contribution in [2.24, 2.45) is 0 Å². The standard InChI is InChI=1S/C27H25ClN4O3S/c1-27(2)9-10-32(25-8-4-3-7-23(25)27)36(34,35)26-14-21(24(28)13-18(26)6-5-11-33)22-17-31-20(16-30)12-19(22)15-29/h3-4,7-8,12-14,17,33H,5-6,9-11H2,1-2H3. The molecule has 1 aromatic heterocycles. The highest BCUT2D eigenvalue weighted by molar-refractivity contribution is 7.92. The number of halogens is 1. The van der Waals surface area contributed by atoms with Crippen molar-refractivity contribution in [1.29, 1.82) is 10.5 Å². The highest BCUT2D eigenvalue weighted by atomic mass is 35.5. The first kappa shape index (κ1) is 25.7. The van der Waals surface area contributed by atoms with E-state index in [0.717, 1.165) is 5.56 Å². The van der Waals surface area contributed by atoms with Gasteiger partial charge in [0.05, 0.1) is 22.2 Å². The first-order valence-corrected chi connectivity index (χ1v) is 13.3. The van der Waals surface area contributed by atoms with Crippen molar-refractivity contribution in [3.05, 3.63) is 76.1 Å². The van der Waals surface area contributed by atoms with Gasteiger partial charge in [-0.1, -0.05) is 43.6 Å². The number of aromatic nitrogens is 1. The van der Waals surface area contributed by atoms with E-state index in [1.54, 1.807) is 6.07 Å². The number of sulfonamides is 1. The van der Waals surface area contributed by atoms with Gasteiger partial charge >= 0.3 is 0 Å². The van der Waals surface area contributed by atoms with Crippen LogP contribution in [0.1, 0.15) is 49.1 Å². The highest BCUT2D eigenvalue weighted by Crippen LogP contribution is 2.43. The molecule has 1 N–H and O–H groups in total. The fraction of sp³-hybridized carbons (Fsp3) is 0.296. The van der Waals surface area contributed by atoms with Crippen LogP contribution >= 0.6 is 11.6 Å². The number of hydrogen-bond donors (Lipinski definition) is 1. The second kappa shape index (κ2) is 9.91. The van der Waals surface area contributed by atoms with Crippen LogP contribution in [0.5, 0.6) is 0 Å². The molecule has 9 heteroatoms. The van der Waals surface area contributed by atoms with Crippen LogP contribution < -0.4 is 4.31 Å². The summed E-state index contributed by atoms with van der Waals surface area (Å²) in [6.45, 7) is 4.41. The summed E-state index contributed by atoms with van der Waals surface area (Å²) in [6.07, 6.45) is 2.68. The molecule has 2 aromatic carbocycles. The van der Waals surface area contributed by atoms with Gasteiger partial charge in [0.2, 0.25) is 0 Å². The number of para-hydroxylation sites is 1. The number of fused-ring (bicyclic) bond motifs is 1. The highest BCUT2D eigenvalue weighted by Gasteiger charge is 2.37. The number of rotatable bonds is 6. The number of aryl methyl sites for hydroxylation is 1. The molecule has 7 nitrogen and oxygen atoms in total. The minimum atomic E-state index is -4.03. The molecule has 184 valence electrons. The third-order valence-corrected chi connectivity index (χ3v) is 8.80. The summed E-state index contributed by atoms with van der Waals surface area (Å²) in [5.74, 6) is 0. The van der Waals surface area contributed by atoms with Gasteiger partial charge in [-0.05, 0) is 60.1 Å². The SMILES string of the molecule is CC1(C)CCN(S(=O)(=O)c2cc(-c3cnc(C#N)cc3C#N)c(Cl)cc2CCCO)c2ccccc21. The Labute approximate surface area is 216 Å². The van der Waals surface area contributed by atoms with Crippen LogP contribution in [0.25, 0.3) is 11.1 Å². The average Bonchev–Trinajstić information content (AvgIpc) is 2.87. The Kier molecular flexibility index (Phi) is 7.06. The number of anilines is 1. The fourth-order valence-electron chi connectivity index (χ4n) is 4.60. The number of hydrogen-bond acceptors (Lipinski definition) is 6. The third kappa shape index (κ3) is 4.56. The van der Waals surface area contributed by atoms with Crippen LogP contribution in [0.3, 0.4) is 0 Å². The van der Waals surface area contributed by atoms with Crippen molar-refractivity contribution in [1.82, 2.24) is 4.98 Å². The zero-order chi connectivity index (χ0) is 26.1. The lowest BCUT2D eigenvalue weighted by atomic mass is 9.78. The largest absolute Gasteiger partial charge is 0.396 e. The van der Waals surface area contributed by atoms with E-state index in [4.69, 9.17) is 16.9 Å². The van der Waals surface area contributed by atoms with Gasteiger partial charge in [-0.2, -0.15) is 10.5 Å². The summed E-state index contributed by atoms with van der Waals surface area (Å²) in [7, 11) is -4.03. The molecule has 0 amide bonds. The summed E-state index contributed by atoms with van der Waals surface area (Å²) in [5, 5.41) is 28.5. The van der Waals surface area contributed by atoms with E-state index in [9.17, 15) is 18.8 Å². The normalized spacial score (nSPS) is 14.6. The summed E-state index contributed by atoms with van der Waals surface area (Å²) in [5.41, 5.74) is 2.81. The van der Waals surface area contributed by atoms with E-state index < -0.39 is 10.0 Å². The van der Waals surface area contributed by atoms with Crippen LogP contribution in [0.2, 0.25) is 5.02 Å². The van der Waals surface area contributed by atoms with E-state index in [1.807, 2.05) is 36.4 Å². The Morgan fingerprint density at radius 2 is 1.89 bits per heavy atom. The monoisotopic (exact) mass is 520 g/mol. The summed E-state index contributed by atoms with van der Waals surface area (Å²) < 4.78 is 29.8. The summed E-state index contributed by atoms with van der Waals surface area (Å²) >= 11 is 6.60. The number of aliphatic hydroxyl groups is 1. The maximum atomic E-state index is 14.2. The van der Waals surface area contributed by atoms with Crippen molar-refractivity contribution in [3.8, 4) is 23.3 Å². The summed E-state index contributed by atoms with van der Waals surface area (Å²) in [4.78, 5) is 4.13. The van der Waals surface area contributed by atoms with Gasteiger partial charge in [-0.3, -0.25) is 4.31 Å². The zero-order valence-electron chi connectivity index (χ0n) is 20.0. The van der Waals surface area contributed by atoms with Crippen molar-refractivity contribution in [2.75, 3.05) is 17.5 Å². The smallest absolute Gasteiger partial charge is 0.264 e. The Balaban J connectivity index is 1.93. The molecule has 0 saturated heterocycles. The quantitative estimate of drug-likeness (QED) is 0.491. The van der Waals surface area contributed by atoms with Crippen molar-refractivity contribution in [2.45, 2.75) is 43.4 Å². The molecular weight excluding hydrogens is 496 g/mol. The van der Waals surface area contributed by atoms with Gasteiger partial charge in [0.15, 0.2) is 0 Å². The number of aliphatic hydroxyl groups excluding tert-OH is 1. The molecule has 0 spiro atoms. The van der Waals surface area contributed by atoms with Crippen LogP contribution in [0.4, 0.5) is 5.69 Å². The zero-order valence-corrected chi connectivity index (χ0v) is 21.6. The van der Waals surface area contributed by atoms with Gasteiger partial charge in [0.1, 0.15) is 11.8 Å². The molecule has 1 aliphatic heterocycles. The second-order valence-corrected chi connectivity index (χ2v) is 11.6. The molecule has 0 unspecified atom stereocenters. The van der Waals surface area contributed by atoms with Gasteiger partial charge in [-0.25, -0.2) is 13.4 Å². The molecule has 2 heterocycles. The molecule has 0 radical (unpaired) electrons. The van der Waals surface area contributed by atoms with Crippen molar-refractivity contribution >= 4 is 27.3 Å². The van der Waals surface area contributed by atoms with Gasteiger partial charge in [0.25, 0.3) is 10.0 Å². The van der Waals surface area contributed by atoms with E-state index in [-0.39, 0.29) is 33.2 Å². The maximum Gasteiger partial charge on any atom is 0.264 e. The molecule has 36 heavy (non-hydrogen) atoms. The van der Waals surface area contributed by atoms with Crippen molar-refractivity contribution < 1.29 is 13.5 Å². The lowest BCUT2D eigenvalue weighted by Gasteiger charge is -2.39. The Hall–Kier alpha value is -3.43. The predicted octanol–water partition coefficient (Wildman–Crippen LogP) is 4.95. The molecule has 0 atom stereocenters. The Bertz CT molecular complexity index is 1520. The minimum absolute atomic E-state index is 0.0677. The maximum absolute atomic E-state index is 14.2. The lowest BCUT2D eigenvalue weighted by molar-refractivity contribution is 0.288. The number of benzene rings is 2. The number of pyridine rings is 1. The molecule has 4 rings (SSSR count). The molecule has 3 aromatic rings. The molecule has 1 aliphatic rings. The second-order valence-electron chi connectivity index (χ2n) is 9.33. The first-order valence-electron chi connectivity index (χ1n) is 11.5. The number of nitriles is 2. The van der Waals surface area contributed by atoms with E-state index in [0.29, 0.717) is 48.2 Å². The summed E-state index contributed by atoms with van der Waals surface area (Å²) in [6, 6.07) is 15.9. The van der Waals surface area contributed by atoms with Crippen LogP contribution in [-0.4, -0.2) is 31.7 Å². The first-order chi connectivity index (χ1) is 17.1.